The number of carbonyl (C=O) groups is 2. The van der Waals surface area contributed by atoms with Crippen LogP contribution in [0.15, 0.2) is 6.20 Å². The van der Waals surface area contributed by atoms with Crippen molar-refractivity contribution in [1.82, 2.24) is 19.9 Å². The fraction of sp³-hybridized carbons (Fsp3) is 0.667. The molecular formula is C12H21N5O3. The molecule has 0 radical (unpaired) electrons. The van der Waals surface area contributed by atoms with Gasteiger partial charge in [-0.1, -0.05) is 5.21 Å². The Morgan fingerprint density at radius 3 is 2.55 bits per heavy atom. The largest absolute Gasteiger partial charge is 0.481 e. The minimum atomic E-state index is -0.932. The smallest absolute Gasteiger partial charge is 0.305 e. The molecule has 0 aliphatic carbocycles. The van der Waals surface area contributed by atoms with Gasteiger partial charge >= 0.3 is 5.97 Å². The minimum Gasteiger partial charge on any atom is -0.481 e. The fourth-order valence-electron chi connectivity index (χ4n) is 1.77. The number of rotatable bonds is 6. The summed E-state index contributed by atoms with van der Waals surface area (Å²) in [5.41, 5.74) is 5.58. The fourth-order valence-corrected chi connectivity index (χ4v) is 1.77. The predicted octanol–water partition coefficient (Wildman–Crippen LogP) is -0.161. The molecule has 1 heterocycles. The number of aromatic nitrogens is 3. The second-order valence-electron chi connectivity index (χ2n) is 5.47. The summed E-state index contributed by atoms with van der Waals surface area (Å²) < 4.78 is 1.41. The molecule has 0 bridgehead atoms. The highest BCUT2D eigenvalue weighted by Crippen LogP contribution is 2.14. The third-order valence-electron chi connectivity index (χ3n) is 2.75. The van der Waals surface area contributed by atoms with Crippen molar-refractivity contribution < 1.29 is 14.7 Å². The van der Waals surface area contributed by atoms with Gasteiger partial charge in [0.1, 0.15) is 6.54 Å². The molecule has 3 N–H and O–H groups in total. The van der Waals surface area contributed by atoms with E-state index >= 15 is 0 Å². The van der Waals surface area contributed by atoms with Crippen LogP contribution in [-0.4, -0.2) is 49.0 Å². The Morgan fingerprint density at radius 1 is 1.45 bits per heavy atom. The third kappa shape index (κ3) is 4.61. The number of carboxylic acids is 1. The van der Waals surface area contributed by atoms with E-state index in [1.54, 1.807) is 6.20 Å². The summed E-state index contributed by atoms with van der Waals surface area (Å²) >= 11 is 0. The molecule has 0 fully saturated rings. The topological polar surface area (TPSA) is 114 Å². The molecule has 20 heavy (non-hydrogen) atoms. The second-order valence-corrected chi connectivity index (χ2v) is 5.47. The van der Waals surface area contributed by atoms with Crippen molar-refractivity contribution in [2.75, 3.05) is 6.54 Å². The molecule has 0 aliphatic heterocycles. The van der Waals surface area contributed by atoms with E-state index in [9.17, 15) is 9.59 Å². The summed E-state index contributed by atoms with van der Waals surface area (Å²) in [5.74, 6) is -1.13. The second kappa shape index (κ2) is 6.47. The highest BCUT2D eigenvalue weighted by Gasteiger charge is 2.27. The first kappa shape index (κ1) is 16.1. The van der Waals surface area contributed by atoms with Crippen molar-refractivity contribution in [1.29, 1.82) is 0 Å². The van der Waals surface area contributed by atoms with Crippen LogP contribution in [0.25, 0.3) is 0 Å². The molecule has 1 aromatic rings. The van der Waals surface area contributed by atoms with Crippen molar-refractivity contribution >= 4 is 11.9 Å². The van der Waals surface area contributed by atoms with Crippen molar-refractivity contribution in [2.24, 2.45) is 5.73 Å². The van der Waals surface area contributed by atoms with Gasteiger partial charge in [-0.3, -0.25) is 9.59 Å². The number of amides is 1. The van der Waals surface area contributed by atoms with Gasteiger partial charge < -0.3 is 15.7 Å². The Balaban J connectivity index is 2.74. The van der Waals surface area contributed by atoms with Crippen LogP contribution in [0, 0.1) is 0 Å². The Morgan fingerprint density at radius 2 is 2.10 bits per heavy atom. The lowest BCUT2D eigenvalue weighted by Crippen LogP contribution is -2.48. The SMILES string of the molecule is CC(C)(C)N(CCC(=O)O)C(=O)Cn1cc(CN)nn1. The molecule has 1 amide bonds. The number of carbonyl (C=O) groups excluding carboxylic acids is 1. The first-order valence-corrected chi connectivity index (χ1v) is 6.35. The number of hydrogen-bond donors (Lipinski definition) is 2. The van der Waals surface area contributed by atoms with Gasteiger partial charge in [-0.05, 0) is 20.8 Å². The van der Waals surface area contributed by atoms with Crippen molar-refractivity contribution in [3.63, 3.8) is 0 Å². The van der Waals surface area contributed by atoms with E-state index < -0.39 is 11.5 Å². The number of nitrogens with two attached hydrogens (primary N) is 1. The van der Waals surface area contributed by atoms with Gasteiger partial charge in [0, 0.05) is 18.6 Å². The van der Waals surface area contributed by atoms with E-state index in [0.29, 0.717) is 5.69 Å². The van der Waals surface area contributed by atoms with Gasteiger partial charge in [-0.15, -0.1) is 5.10 Å². The zero-order valence-electron chi connectivity index (χ0n) is 12.0. The maximum Gasteiger partial charge on any atom is 0.305 e. The van der Waals surface area contributed by atoms with E-state index in [0.717, 1.165) is 0 Å². The van der Waals surface area contributed by atoms with Gasteiger partial charge in [0.05, 0.1) is 18.3 Å². The number of hydrogen-bond acceptors (Lipinski definition) is 5. The van der Waals surface area contributed by atoms with Crippen LogP contribution in [0.4, 0.5) is 0 Å². The summed E-state index contributed by atoms with van der Waals surface area (Å²) in [6.45, 7) is 6.02. The average molecular weight is 283 g/mol. The highest BCUT2D eigenvalue weighted by molar-refractivity contribution is 5.77. The van der Waals surface area contributed by atoms with E-state index in [1.165, 1.54) is 9.58 Å². The lowest BCUT2D eigenvalue weighted by molar-refractivity contribution is -0.141. The predicted molar refractivity (Wildman–Crippen MR) is 71.6 cm³/mol. The van der Waals surface area contributed by atoms with E-state index in [1.807, 2.05) is 20.8 Å². The lowest BCUT2D eigenvalue weighted by Gasteiger charge is -2.35. The molecule has 0 aromatic carbocycles. The molecule has 0 spiro atoms. The molecule has 8 heteroatoms. The third-order valence-corrected chi connectivity index (χ3v) is 2.75. The van der Waals surface area contributed by atoms with Gasteiger partial charge in [0.15, 0.2) is 0 Å². The molecule has 0 aliphatic rings. The molecular weight excluding hydrogens is 262 g/mol. The molecule has 0 atom stereocenters. The van der Waals surface area contributed by atoms with E-state index in [-0.39, 0.29) is 32.0 Å². The van der Waals surface area contributed by atoms with Crippen molar-refractivity contribution in [3.8, 4) is 0 Å². The molecule has 1 rings (SSSR count). The van der Waals surface area contributed by atoms with Gasteiger partial charge in [-0.2, -0.15) is 0 Å². The van der Waals surface area contributed by atoms with Crippen LogP contribution >= 0.6 is 0 Å². The average Bonchev–Trinajstić information content (AvgIpc) is 2.74. The van der Waals surface area contributed by atoms with Crippen LogP contribution < -0.4 is 5.73 Å². The van der Waals surface area contributed by atoms with Crippen LogP contribution in [0.1, 0.15) is 32.9 Å². The lowest BCUT2D eigenvalue weighted by atomic mass is 10.1. The van der Waals surface area contributed by atoms with Crippen molar-refractivity contribution in [3.05, 3.63) is 11.9 Å². The van der Waals surface area contributed by atoms with Crippen LogP contribution in [0.5, 0.6) is 0 Å². The zero-order chi connectivity index (χ0) is 15.3. The molecule has 0 saturated heterocycles. The Kier molecular flexibility index (Phi) is 5.20. The summed E-state index contributed by atoms with van der Waals surface area (Å²) in [6, 6.07) is 0. The Bertz CT molecular complexity index is 478. The Hall–Kier alpha value is -1.96. The quantitative estimate of drug-likeness (QED) is 0.749. The molecule has 0 saturated carbocycles. The maximum atomic E-state index is 12.3. The Labute approximate surface area is 117 Å². The monoisotopic (exact) mass is 283 g/mol. The van der Waals surface area contributed by atoms with Gasteiger partial charge in [0.2, 0.25) is 5.91 Å². The molecule has 112 valence electrons. The van der Waals surface area contributed by atoms with Crippen molar-refractivity contribution in [2.45, 2.75) is 45.8 Å². The first-order valence-electron chi connectivity index (χ1n) is 6.35. The zero-order valence-corrected chi connectivity index (χ0v) is 12.0. The molecule has 8 nitrogen and oxygen atoms in total. The summed E-state index contributed by atoms with van der Waals surface area (Å²) in [4.78, 5) is 24.5. The summed E-state index contributed by atoms with van der Waals surface area (Å²) in [5, 5.41) is 16.4. The van der Waals surface area contributed by atoms with Gasteiger partial charge in [-0.25, -0.2) is 4.68 Å². The minimum absolute atomic E-state index is 0.0177. The maximum absolute atomic E-state index is 12.3. The summed E-state index contributed by atoms with van der Waals surface area (Å²) in [6.07, 6.45) is 1.52. The standard InChI is InChI=1S/C12H21N5O3/c1-12(2,3)17(5-4-11(19)20)10(18)8-16-7-9(6-13)14-15-16/h7H,4-6,8,13H2,1-3H3,(H,19,20). The van der Waals surface area contributed by atoms with Crippen LogP contribution in [-0.2, 0) is 22.7 Å². The normalized spacial score (nSPS) is 11.4. The van der Waals surface area contributed by atoms with E-state index in [4.69, 9.17) is 10.8 Å². The number of nitrogens with zero attached hydrogens (tertiary/aromatic N) is 4. The van der Waals surface area contributed by atoms with Crippen LogP contribution in [0.3, 0.4) is 0 Å². The summed E-state index contributed by atoms with van der Waals surface area (Å²) in [7, 11) is 0. The first-order chi connectivity index (χ1) is 9.24. The van der Waals surface area contributed by atoms with Crippen LogP contribution in [0.2, 0.25) is 0 Å². The van der Waals surface area contributed by atoms with E-state index in [2.05, 4.69) is 10.3 Å². The molecule has 1 aromatic heterocycles. The van der Waals surface area contributed by atoms with Gasteiger partial charge in [0.25, 0.3) is 0 Å². The molecule has 0 unspecified atom stereocenters. The number of aliphatic carboxylic acids is 1. The highest BCUT2D eigenvalue weighted by atomic mass is 16.4. The number of carboxylic acid groups (broad SMARTS) is 1.